The van der Waals surface area contributed by atoms with Gasteiger partial charge in [-0.2, -0.15) is 5.26 Å². The normalized spacial score (nSPS) is 11.1. The zero-order valence-corrected chi connectivity index (χ0v) is 18.7. The van der Waals surface area contributed by atoms with Crippen LogP contribution in [0.25, 0.3) is 6.08 Å². The molecule has 1 aromatic heterocycles. The number of nitrogens with zero attached hydrogens (tertiary/aromatic N) is 1. The Kier molecular flexibility index (Phi) is 6.79. The number of rotatable bonds is 5. The Hall–Kier alpha value is -2.27. The maximum absolute atomic E-state index is 12.5. The SMILES string of the molecule is Cc1cc(NC(=O)/C(C#N)=C\c2cc(Br)c(Sc3ccccc3)o2)ccc1Br. The molecule has 3 rings (SSSR count). The van der Waals surface area contributed by atoms with Gasteiger partial charge in [-0.1, -0.05) is 45.9 Å². The first-order chi connectivity index (χ1) is 13.5. The van der Waals surface area contributed by atoms with Gasteiger partial charge in [0.05, 0.1) is 4.47 Å². The number of carbonyl (C=O) groups excluding carboxylic acids is 1. The molecule has 0 unspecified atom stereocenters. The molecule has 0 bridgehead atoms. The standard InChI is InChI=1S/C21H14Br2N2O2S/c1-13-9-15(7-8-18(13)22)25-20(26)14(12-24)10-16-11-19(23)21(27-16)28-17-5-3-2-4-6-17/h2-11H,1H3,(H,25,26)/b14-10-. The van der Waals surface area contributed by atoms with Crippen LogP contribution >= 0.6 is 43.6 Å². The third-order valence-corrected chi connectivity index (χ3v) is 6.43. The summed E-state index contributed by atoms with van der Waals surface area (Å²) in [5.74, 6) is -0.0713. The molecule has 7 heteroatoms. The third-order valence-electron chi connectivity index (χ3n) is 3.70. The first-order valence-electron chi connectivity index (χ1n) is 8.18. The molecular weight excluding hydrogens is 504 g/mol. The van der Waals surface area contributed by atoms with E-state index >= 15 is 0 Å². The molecule has 140 valence electrons. The lowest BCUT2D eigenvalue weighted by Gasteiger charge is -2.06. The van der Waals surface area contributed by atoms with Crippen molar-refractivity contribution < 1.29 is 9.21 Å². The zero-order valence-electron chi connectivity index (χ0n) is 14.7. The highest BCUT2D eigenvalue weighted by Crippen LogP contribution is 2.36. The van der Waals surface area contributed by atoms with Crippen molar-refractivity contribution in [3.05, 3.63) is 80.4 Å². The fourth-order valence-electron chi connectivity index (χ4n) is 2.32. The molecule has 0 saturated heterocycles. The largest absolute Gasteiger partial charge is 0.449 e. The van der Waals surface area contributed by atoms with Crippen LogP contribution in [-0.2, 0) is 4.79 Å². The summed E-state index contributed by atoms with van der Waals surface area (Å²) < 4.78 is 7.50. The number of halogens is 2. The van der Waals surface area contributed by atoms with Gasteiger partial charge in [0.2, 0.25) is 0 Å². The van der Waals surface area contributed by atoms with Crippen molar-refractivity contribution in [2.45, 2.75) is 16.9 Å². The number of hydrogen-bond donors (Lipinski definition) is 1. The van der Waals surface area contributed by atoms with Gasteiger partial charge in [0.1, 0.15) is 17.4 Å². The highest BCUT2D eigenvalue weighted by atomic mass is 79.9. The van der Waals surface area contributed by atoms with Gasteiger partial charge in [0.25, 0.3) is 5.91 Å². The van der Waals surface area contributed by atoms with Crippen LogP contribution in [0.1, 0.15) is 11.3 Å². The van der Waals surface area contributed by atoms with E-state index in [1.54, 1.807) is 12.1 Å². The van der Waals surface area contributed by atoms with E-state index in [0.717, 1.165) is 19.4 Å². The third kappa shape index (κ3) is 5.16. The fraction of sp³-hybridized carbons (Fsp3) is 0.0476. The highest BCUT2D eigenvalue weighted by molar-refractivity contribution is 9.10. The van der Waals surface area contributed by atoms with Gasteiger partial charge in [-0.3, -0.25) is 4.79 Å². The Bertz CT molecular complexity index is 1090. The molecule has 0 aliphatic heterocycles. The van der Waals surface area contributed by atoms with Crippen molar-refractivity contribution in [1.29, 1.82) is 5.26 Å². The molecule has 1 N–H and O–H groups in total. The number of hydrogen-bond acceptors (Lipinski definition) is 4. The van der Waals surface area contributed by atoms with Gasteiger partial charge in [-0.15, -0.1) is 0 Å². The van der Waals surface area contributed by atoms with E-state index in [9.17, 15) is 10.1 Å². The van der Waals surface area contributed by atoms with Crippen LogP contribution in [-0.4, -0.2) is 5.91 Å². The topological polar surface area (TPSA) is 66.0 Å². The lowest BCUT2D eigenvalue weighted by molar-refractivity contribution is -0.112. The number of nitrogens with one attached hydrogen (secondary N) is 1. The molecule has 28 heavy (non-hydrogen) atoms. The van der Waals surface area contributed by atoms with Crippen LogP contribution in [0.2, 0.25) is 0 Å². The van der Waals surface area contributed by atoms with Crippen molar-refractivity contribution >= 4 is 61.3 Å². The minimum atomic E-state index is -0.492. The fourth-order valence-corrected chi connectivity index (χ4v) is 3.91. The van der Waals surface area contributed by atoms with E-state index in [1.165, 1.54) is 17.8 Å². The number of aryl methyl sites for hydroxylation is 1. The van der Waals surface area contributed by atoms with Crippen LogP contribution in [0, 0.1) is 18.3 Å². The molecule has 2 aromatic carbocycles. The van der Waals surface area contributed by atoms with Gasteiger partial charge in [-0.25, -0.2) is 0 Å². The van der Waals surface area contributed by atoms with E-state index in [1.807, 2.05) is 55.5 Å². The summed E-state index contributed by atoms with van der Waals surface area (Å²) in [7, 11) is 0. The Balaban J connectivity index is 1.78. The second kappa shape index (κ2) is 9.28. The first kappa shape index (κ1) is 20.5. The molecule has 0 fully saturated rings. The maximum atomic E-state index is 12.5. The molecule has 0 aliphatic rings. The molecule has 1 heterocycles. The monoisotopic (exact) mass is 516 g/mol. The minimum absolute atomic E-state index is 0.0434. The van der Waals surface area contributed by atoms with E-state index in [0.29, 0.717) is 16.5 Å². The number of nitriles is 1. The number of amides is 1. The lowest BCUT2D eigenvalue weighted by Crippen LogP contribution is -2.13. The van der Waals surface area contributed by atoms with E-state index in [-0.39, 0.29) is 5.57 Å². The average Bonchev–Trinajstić information content (AvgIpc) is 3.02. The second-order valence-corrected chi connectivity index (χ2v) is 8.54. The van der Waals surface area contributed by atoms with Gasteiger partial charge in [0.15, 0.2) is 5.09 Å². The first-order valence-corrected chi connectivity index (χ1v) is 10.6. The molecule has 4 nitrogen and oxygen atoms in total. The Morgan fingerprint density at radius 2 is 1.89 bits per heavy atom. The summed E-state index contributed by atoms with van der Waals surface area (Å²) in [6, 6.07) is 18.9. The predicted octanol–water partition coefficient (Wildman–Crippen LogP) is 6.81. The van der Waals surface area contributed by atoms with Gasteiger partial charge < -0.3 is 9.73 Å². The minimum Gasteiger partial charge on any atom is -0.449 e. The quantitative estimate of drug-likeness (QED) is 0.298. The maximum Gasteiger partial charge on any atom is 0.266 e. The van der Waals surface area contributed by atoms with Crippen molar-refractivity contribution in [3.8, 4) is 6.07 Å². The molecule has 0 saturated carbocycles. The average molecular weight is 518 g/mol. The van der Waals surface area contributed by atoms with Gasteiger partial charge in [0, 0.05) is 21.1 Å². The van der Waals surface area contributed by atoms with E-state index in [4.69, 9.17) is 4.42 Å². The van der Waals surface area contributed by atoms with Crippen molar-refractivity contribution in [3.63, 3.8) is 0 Å². The summed E-state index contributed by atoms with van der Waals surface area (Å²) in [5, 5.41) is 12.8. The predicted molar refractivity (Wildman–Crippen MR) is 118 cm³/mol. The summed E-state index contributed by atoms with van der Waals surface area (Å²) in [6.45, 7) is 1.92. The number of anilines is 1. The molecule has 3 aromatic rings. The summed E-state index contributed by atoms with van der Waals surface area (Å²) in [5.41, 5.74) is 1.56. The number of benzene rings is 2. The summed E-state index contributed by atoms with van der Waals surface area (Å²) in [4.78, 5) is 13.5. The smallest absolute Gasteiger partial charge is 0.266 e. The van der Waals surface area contributed by atoms with Gasteiger partial charge >= 0.3 is 0 Å². The van der Waals surface area contributed by atoms with Crippen LogP contribution in [0.15, 0.2) is 83.5 Å². The molecular formula is C21H14Br2N2O2S. The van der Waals surface area contributed by atoms with Crippen LogP contribution in [0.4, 0.5) is 5.69 Å². The molecule has 0 radical (unpaired) electrons. The molecule has 1 amide bonds. The molecule has 0 spiro atoms. The van der Waals surface area contributed by atoms with Gasteiger partial charge in [-0.05, 0) is 64.8 Å². The van der Waals surface area contributed by atoms with Crippen LogP contribution < -0.4 is 5.32 Å². The second-order valence-electron chi connectivity index (χ2n) is 5.79. The highest BCUT2D eigenvalue weighted by Gasteiger charge is 2.14. The van der Waals surface area contributed by atoms with Crippen LogP contribution in [0.5, 0.6) is 0 Å². The lowest BCUT2D eigenvalue weighted by atomic mass is 10.2. The van der Waals surface area contributed by atoms with Crippen molar-refractivity contribution in [1.82, 2.24) is 0 Å². The summed E-state index contributed by atoms with van der Waals surface area (Å²) in [6.07, 6.45) is 1.43. The number of carbonyl (C=O) groups is 1. The molecule has 0 atom stereocenters. The zero-order chi connectivity index (χ0) is 20.1. The summed E-state index contributed by atoms with van der Waals surface area (Å²) >= 11 is 8.33. The Morgan fingerprint density at radius 1 is 1.14 bits per heavy atom. The van der Waals surface area contributed by atoms with Crippen molar-refractivity contribution in [2.24, 2.45) is 0 Å². The Morgan fingerprint density at radius 3 is 2.57 bits per heavy atom. The van der Waals surface area contributed by atoms with E-state index < -0.39 is 5.91 Å². The van der Waals surface area contributed by atoms with E-state index in [2.05, 4.69) is 37.2 Å². The van der Waals surface area contributed by atoms with Crippen LogP contribution in [0.3, 0.4) is 0 Å². The number of furan rings is 1. The van der Waals surface area contributed by atoms with Crippen molar-refractivity contribution in [2.75, 3.05) is 5.32 Å². The molecule has 0 aliphatic carbocycles. The Labute approximate surface area is 183 Å².